The summed E-state index contributed by atoms with van der Waals surface area (Å²) in [5, 5.41) is 9.07. The minimum absolute atomic E-state index is 0.00592. The van der Waals surface area contributed by atoms with Gasteiger partial charge in [0.2, 0.25) is 5.91 Å². The highest BCUT2D eigenvalue weighted by Gasteiger charge is 2.27. The summed E-state index contributed by atoms with van der Waals surface area (Å²) in [6.45, 7) is 10.8. The van der Waals surface area contributed by atoms with Gasteiger partial charge in [-0.25, -0.2) is 0 Å². The van der Waals surface area contributed by atoms with Crippen LogP contribution in [0.4, 0.5) is 0 Å². The molecular weight excluding hydrogens is 212 g/mol. The van der Waals surface area contributed by atoms with E-state index in [0.717, 1.165) is 25.8 Å². The largest absolute Gasteiger partial charge is 0.339 e. The lowest BCUT2D eigenvalue weighted by Crippen LogP contribution is -2.42. The fourth-order valence-corrected chi connectivity index (χ4v) is 1.82. The van der Waals surface area contributed by atoms with Crippen molar-refractivity contribution in [2.45, 2.75) is 59.9 Å². The van der Waals surface area contributed by atoms with Crippen molar-refractivity contribution in [3.63, 3.8) is 0 Å². The summed E-state index contributed by atoms with van der Waals surface area (Å²) in [5.41, 5.74) is 0. The van der Waals surface area contributed by atoms with E-state index in [4.69, 9.17) is 5.26 Å². The number of amides is 1. The molecule has 0 aliphatic heterocycles. The molecule has 98 valence electrons. The van der Waals surface area contributed by atoms with E-state index in [1.54, 1.807) is 0 Å². The Hall–Kier alpha value is -1.04. The number of carbonyl (C=O) groups excluding carboxylic acids is 1. The van der Waals surface area contributed by atoms with E-state index < -0.39 is 5.92 Å². The van der Waals surface area contributed by atoms with Crippen LogP contribution in [0.5, 0.6) is 0 Å². The van der Waals surface area contributed by atoms with Gasteiger partial charge in [-0.15, -0.1) is 0 Å². The molecule has 0 saturated carbocycles. The number of hydrogen-bond donors (Lipinski definition) is 0. The zero-order valence-corrected chi connectivity index (χ0v) is 11.9. The summed E-state index contributed by atoms with van der Waals surface area (Å²) >= 11 is 0. The Balaban J connectivity index is 4.59. The van der Waals surface area contributed by atoms with Crippen molar-refractivity contribution in [2.75, 3.05) is 6.54 Å². The van der Waals surface area contributed by atoms with E-state index in [9.17, 15) is 4.79 Å². The fourth-order valence-electron chi connectivity index (χ4n) is 1.82. The van der Waals surface area contributed by atoms with Gasteiger partial charge in [0.15, 0.2) is 0 Å². The van der Waals surface area contributed by atoms with Gasteiger partial charge in [-0.05, 0) is 26.2 Å². The minimum Gasteiger partial charge on any atom is -0.339 e. The second kappa shape index (κ2) is 8.11. The Labute approximate surface area is 106 Å². The van der Waals surface area contributed by atoms with Crippen molar-refractivity contribution in [3.8, 4) is 6.07 Å². The second-order valence-electron chi connectivity index (χ2n) is 5.18. The first kappa shape index (κ1) is 16.0. The Morgan fingerprint density at radius 3 is 2.18 bits per heavy atom. The summed E-state index contributed by atoms with van der Waals surface area (Å²) < 4.78 is 0. The number of rotatable bonds is 7. The molecule has 0 bridgehead atoms. The first-order valence-corrected chi connectivity index (χ1v) is 6.65. The molecule has 17 heavy (non-hydrogen) atoms. The summed E-state index contributed by atoms with van der Waals surface area (Å²) in [4.78, 5) is 14.1. The van der Waals surface area contributed by atoms with Gasteiger partial charge >= 0.3 is 0 Å². The molecule has 1 unspecified atom stereocenters. The van der Waals surface area contributed by atoms with Gasteiger partial charge in [0.1, 0.15) is 5.92 Å². The number of unbranched alkanes of at least 4 members (excludes halogenated alkanes) is 2. The molecule has 0 saturated heterocycles. The maximum Gasteiger partial charge on any atom is 0.240 e. The smallest absolute Gasteiger partial charge is 0.240 e. The van der Waals surface area contributed by atoms with Gasteiger partial charge in [0.25, 0.3) is 0 Å². The zero-order valence-electron chi connectivity index (χ0n) is 11.9. The van der Waals surface area contributed by atoms with Crippen LogP contribution < -0.4 is 0 Å². The van der Waals surface area contributed by atoms with Crippen LogP contribution in [0.25, 0.3) is 0 Å². The number of carbonyl (C=O) groups is 1. The van der Waals surface area contributed by atoms with Gasteiger partial charge in [-0.3, -0.25) is 4.79 Å². The molecule has 0 aromatic rings. The van der Waals surface area contributed by atoms with E-state index in [1.165, 1.54) is 0 Å². The molecule has 3 heteroatoms. The van der Waals surface area contributed by atoms with E-state index in [2.05, 4.69) is 13.0 Å². The standard InChI is InChI=1S/C14H26N2O/c1-6-7-8-9-16(12(4)5)14(17)13(10-15)11(2)3/h11-13H,6-9H2,1-5H3. The first-order valence-electron chi connectivity index (χ1n) is 6.65. The highest BCUT2D eigenvalue weighted by atomic mass is 16.2. The third-order valence-electron chi connectivity index (χ3n) is 2.98. The van der Waals surface area contributed by atoms with Crippen molar-refractivity contribution >= 4 is 5.91 Å². The molecule has 0 aliphatic rings. The van der Waals surface area contributed by atoms with Crippen molar-refractivity contribution in [1.29, 1.82) is 5.26 Å². The van der Waals surface area contributed by atoms with Crippen molar-refractivity contribution in [2.24, 2.45) is 11.8 Å². The molecular formula is C14H26N2O. The Morgan fingerprint density at radius 1 is 1.24 bits per heavy atom. The van der Waals surface area contributed by atoms with Gasteiger partial charge in [-0.1, -0.05) is 33.6 Å². The lowest BCUT2D eigenvalue weighted by atomic mass is 9.95. The molecule has 0 rings (SSSR count). The zero-order chi connectivity index (χ0) is 13.4. The molecule has 0 aromatic carbocycles. The van der Waals surface area contributed by atoms with Crippen LogP contribution in [0.1, 0.15) is 53.9 Å². The van der Waals surface area contributed by atoms with Crippen LogP contribution in [0, 0.1) is 23.2 Å². The normalized spacial score (nSPS) is 12.6. The van der Waals surface area contributed by atoms with Crippen LogP contribution in [0.2, 0.25) is 0 Å². The highest BCUT2D eigenvalue weighted by molar-refractivity contribution is 5.81. The van der Waals surface area contributed by atoms with Crippen molar-refractivity contribution in [3.05, 3.63) is 0 Å². The van der Waals surface area contributed by atoms with E-state index in [0.29, 0.717) is 0 Å². The summed E-state index contributed by atoms with van der Waals surface area (Å²) in [6, 6.07) is 2.31. The summed E-state index contributed by atoms with van der Waals surface area (Å²) in [7, 11) is 0. The van der Waals surface area contributed by atoms with Gasteiger partial charge in [0, 0.05) is 12.6 Å². The maximum atomic E-state index is 12.3. The SMILES string of the molecule is CCCCCN(C(=O)C(C#N)C(C)C)C(C)C. The summed E-state index contributed by atoms with van der Waals surface area (Å²) in [5.74, 6) is -0.424. The van der Waals surface area contributed by atoms with Gasteiger partial charge in [-0.2, -0.15) is 5.26 Å². The van der Waals surface area contributed by atoms with E-state index >= 15 is 0 Å². The van der Waals surface area contributed by atoms with E-state index in [-0.39, 0.29) is 17.9 Å². The van der Waals surface area contributed by atoms with Crippen LogP contribution in [0.15, 0.2) is 0 Å². The molecule has 1 amide bonds. The summed E-state index contributed by atoms with van der Waals surface area (Å²) in [6.07, 6.45) is 3.30. The molecule has 0 radical (unpaired) electrons. The lowest BCUT2D eigenvalue weighted by molar-refractivity contribution is -0.136. The molecule has 3 nitrogen and oxygen atoms in total. The molecule has 1 atom stereocenters. The Kier molecular flexibility index (Phi) is 7.61. The topological polar surface area (TPSA) is 44.1 Å². The van der Waals surface area contributed by atoms with Crippen molar-refractivity contribution in [1.82, 2.24) is 4.90 Å². The molecule has 0 heterocycles. The highest BCUT2D eigenvalue weighted by Crippen LogP contribution is 2.16. The molecule has 0 aliphatic carbocycles. The van der Waals surface area contributed by atoms with E-state index in [1.807, 2.05) is 32.6 Å². The maximum absolute atomic E-state index is 12.3. The monoisotopic (exact) mass is 238 g/mol. The minimum atomic E-state index is -0.501. The Bertz CT molecular complexity index is 266. The predicted molar refractivity (Wildman–Crippen MR) is 70.3 cm³/mol. The average Bonchev–Trinajstić information content (AvgIpc) is 2.24. The Morgan fingerprint density at radius 2 is 1.82 bits per heavy atom. The van der Waals surface area contributed by atoms with Crippen LogP contribution >= 0.6 is 0 Å². The van der Waals surface area contributed by atoms with Gasteiger partial charge < -0.3 is 4.90 Å². The second-order valence-corrected chi connectivity index (χ2v) is 5.18. The van der Waals surface area contributed by atoms with Crippen molar-refractivity contribution < 1.29 is 4.79 Å². The molecule has 0 fully saturated rings. The third-order valence-corrected chi connectivity index (χ3v) is 2.98. The third kappa shape index (κ3) is 5.21. The quantitative estimate of drug-likeness (QED) is 0.639. The van der Waals surface area contributed by atoms with Gasteiger partial charge in [0.05, 0.1) is 6.07 Å². The molecule has 0 aromatic heterocycles. The average molecular weight is 238 g/mol. The lowest BCUT2D eigenvalue weighted by Gasteiger charge is -2.29. The van der Waals surface area contributed by atoms with Crippen LogP contribution in [0.3, 0.4) is 0 Å². The molecule has 0 N–H and O–H groups in total. The van der Waals surface area contributed by atoms with Crippen LogP contribution in [-0.2, 0) is 4.79 Å². The van der Waals surface area contributed by atoms with Crippen LogP contribution in [-0.4, -0.2) is 23.4 Å². The molecule has 0 spiro atoms. The number of hydrogen-bond acceptors (Lipinski definition) is 2. The number of nitriles is 1. The first-order chi connectivity index (χ1) is 7.95. The number of nitrogens with zero attached hydrogens (tertiary/aromatic N) is 2. The predicted octanol–water partition coefficient (Wildman–Crippen LogP) is 3.21. The fraction of sp³-hybridized carbons (Fsp3) is 0.857.